The highest BCUT2D eigenvalue weighted by molar-refractivity contribution is 7.15. The maximum atomic E-state index is 11.8. The molecule has 6 heteroatoms. The average molecular weight is 387 g/mol. The molecule has 26 heavy (non-hydrogen) atoms. The molecule has 1 heterocycles. The van der Waals surface area contributed by atoms with Gasteiger partial charge in [-0.1, -0.05) is 54.1 Å². The van der Waals surface area contributed by atoms with Crippen LogP contribution >= 0.6 is 22.9 Å². The molecule has 0 atom stereocenters. The number of nitrogens with one attached hydrogen (secondary N) is 1. The van der Waals surface area contributed by atoms with Gasteiger partial charge < -0.3 is 10.1 Å². The van der Waals surface area contributed by atoms with Crippen LogP contribution in [0.4, 0.5) is 4.79 Å². The monoisotopic (exact) mass is 386 g/mol. The zero-order valence-electron chi connectivity index (χ0n) is 14.4. The molecule has 4 nitrogen and oxygen atoms in total. The van der Waals surface area contributed by atoms with Crippen molar-refractivity contribution in [3.05, 3.63) is 75.8 Å². The first-order valence-electron chi connectivity index (χ1n) is 8.28. The lowest BCUT2D eigenvalue weighted by molar-refractivity contribution is 0.140. The zero-order chi connectivity index (χ0) is 18.4. The van der Waals surface area contributed by atoms with E-state index in [0.717, 1.165) is 33.1 Å². The molecule has 0 aliphatic rings. The molecule has 3 rings (SSSR count). The summed E-state index contributed by atoms with van der Waals surface area (Å²) in [6, 6.07) is 17.3. The van der Waals surface area contributed by atoms with Crippen LogP contribution in [0.5, 0.6) is 0 Å². The van der Waals surface area contributed by atoms with Crippen LogP contribution in [0.25, 0.3) is 10.6 Å². The molecule has 0 saturated carbocycles. The predicted octanol–water partition coefficient (Wildman–Crippen LogP) is 5.24. The van der Waals surface area contributed by atoms with Crippen molar-refractivity contribution in [3.8, 4) is 10.6 Å². The number of carbonyl (C=O) groups excluding carboxylic acids is 1. The van der Waals surface area contributed by atoms with Gasteiger partial charge in [-0.2, -0.15) is 0 Å². The van der Waals surface area contributed by atoms with Gasteiger partial charge in [-0.15, -0.1) is 11.3 Å². The van der Waals surface area contributed by atoms with Crippen LogP contribution in [0.3, 0.4) is 0 Å². The molecule has 0 aliphatic heterocycles. The Balaban J connectivity index is 1.49. The lowest BCUT2D eigenvalue weighted by Crippen LogP contribution is -2.26. The first kappa shape index (κ1) is 18.4. The number of alkyl carbamates (subject to hydrolysis) is 1. The largest absolute Gasteiger partial charge is 0.445 e. The molecule has 0 unspecified atom stereocenters. The number of aromatic nitrogens is 1. The minimum Gasteiger partial charge on any atom is -0.445 e. The van der Waals surface area contributed by atoms with Crippen molar-refractivity contribution in [2.45, 2.75) is 20.0 Å². The molecule has 0 aliphatic carbocycles. The van der Waals surface area contributed by atoms with Crippen molar-refractivity contribution in [2.75, 3.05) is 6.54 Å². The number of thiazole rings is 1. The fourth-order valence-corrected chi connectivity index (χ4v) is 3.62. The van der Waals surface area contributed by atoms with Crippen LogP contribution in [-0.4, -0.2) is 17.6 Å². The molecule has 0 saturated heterocycles. The number of rotatable bonds is 6. The van der Waals surface area contributed by atoms with Crippen LogP contribution < -0.4 is 5.32 Å². The smallest absolute Gasteiger partial charge is 0.407 e. The minimum atomic E-state index is -0.408. The van der Waals surface area contributed by atoms with Gasteiger partial charge >= 0.3 is 6.09 Å². The van der Waals surface area contributed by atoms with Gasteiger partial charge in [0.05, 0.1) is 5.69 Å². The van der Waals surface area contributed by atoms with E-state index >= 15 is 0 Å². The van der Waals surface area contributed by atoms with Crippen LogP contribution in [0.15, 0.2) is 54.6 Å². The fraction of sp³-hybridized carbons (Fsp3) is 0.200. The normalized spacial score (nSPS) is 10.5. The van der Waals surface area contributed by atoms with Gasteiger partial charge in [0.15, 0.2) is 0 Å². The van der Waals surface area contributed by atoms with Gasteiger partial charge in [-0.05, 0) is 24.6 Å². The molecule has 1 N–H and O–H groups in total. The van der Waals surface area contributed by atoms with Crippen molar-refractivity contribution in [2.24, 2.45) is 0 Å². The summed E-state index contributed by atoms with van der Waals surface area (Å²) in [5.41, 5.74) is 3.00. The average Bonchev–Trinajstić information content (AvgIpc) is 3.02. The van der Waals surface area contributed by atoms with Gasteiger partial charge in [0.2, 0.25) is 0 Å². The highest BCUT2D eigenvalue weighted by atomic mass is 35.5. The molecule has 0 bridgehead atoms. The van der Waals surface area contributed by atoms with E-state index in [0.29, 0.717) is 11.6 Å². The van der Waals surface area contributed by atoms with Crippen molar-refractivity contribution in [1.82, 2.24) is 10.3 Å². The van der Waals surface area contributed by atoms with Gasteiger partial charge in [-0.25, -0.2) is 9.78 Å². The van der Waals surface area contributed by atoms with E-state index in [1.54, 1.807) is 11.3 Å². The number of ether oxygens (including phenoxy) is 1. The zero-order valence-corrected chi connectivity index (χ0v) is 15.9. The number of hydrogen-bond donors (Lipinski definition) is 1. The van der Waals surface area contributed by atoms with Crippen molar-refractivity contribution in [1.29, 1.82) is 0 Å². The lowest BCUT2D eigenvalue weighted by Gasteiger charge is -2.06. The number of aryl methyl sites for hydroxylation is 1. The van der Waals surface area contributed by atoms with Gasteiger partial charge in [0.1, 0.15) is 11.6 Å². The second-order valence-electron chi connectivity index (χ2n) is 5.77. The van der Waals surface area contributed by atoms with Crippen LogP contribution in [0.1, 0.15) is 16.1 Å². The van der Waals surface area contributed by atoms with Crippen LogP contribution in [-0.2, 0) is 17.8 Å². The molecule has 134 valence electrons. The number of carbonyl (C=O) groups is 1. The van der Waals surface area contributed by atoms with Gasteiger partial charge in [0, 0.05) is 28.4 Å². The third-order valence-electron chi connectivity index (χ3n) is 3.82. The standard InChI is InChI=1S/C20H19ClN2O2S/c1-14-18(26-19(23-14)16-7-9-17(21)10-8-16)11-12-22-20(24)25-13-15-5-3-2-4-6-15/h2-10H,11-13H2,1H3,(H,22,24). The van der Waals surface area contributed by atoms with Crippen LogP contribution in [0.2, 0.25) is 5.02 Å². The Morgan fingerprint density at radius 1 is 1.15 bits per heavy atom. The molecule has 0 fully saturated rings. The number of amides is 1. The molecular formula is C20H19ClN2O2S. The van der Waals surface area contributed by atoms with Crippen LogP contribution in [0, 0.1) is 6.92 Å². The van der Waals surface area contributed by atoms with Crippen molar-refractivity contribution in [3.63, 3.8) is 0 Å². The number of hydrogen-bond acceptors (Lipinski definition) is 4. The quantitative estimate of drug-likeness (QED) is 0.630. The summed E-state index contributed by atoms with van der Waals surface area (Å²) in [5.74, 6) is 0. The first-order valence-corrected chi connectivity index (χ1v) is 9.48. The molecule has 2 aromatic carbocycles. The number of halogens is 1. The van der Waals surface area contributed by atoms with E-state index in [2.05, 4.69) is 10.3 Å². The molecule has 1 aromatic heterocycles. The van der Waals surface area contributed by atoms with E-state index in [1.807, 2.05) is 61.5 Å². The second-order valence-corrected chi connectivity index (χ2v) is 7.29. The summed E-state index contributed by atoms with van der Waals surface area (Å²) < 4.78 is 5.21. The summed E-state index contributed by atoms with van der Waals surface area (Å²) >= 11 is 7.56. The Labute approximate surface area is 161 Å². The highest BCUT2D eigenvalue weighted by Crippen LogP contribution is 2.28. The van der Waals surface area contributed by atoms with E-state index < -0.39 is 6.09 Å². The summed E-state index contributed by atoms with van der Waals surface area (Å²) in [5, 5.41) is 4.45. The molecule has 1 amide bonds. The minimum absolute atomic E-state index is 0.271. The maximum Gasteiger partial charge on any atom is 0.407 e. The predicted molar refractivity (Wildman–Crippen MR) is 106 cm³/mol. The summed E-state index contributed by atoms with van der Waals surface area (Å²) in [7, 11) is 0. The summed E-state index contributed by atoms with van der Waals surface area (Å²) in [6.45, 7) is 2.77. The van der Waals surface area contributed by atoms with Crippen molar-refractivity contribution >= 4 is 29.0 Å². The first-order chi connectivity index (χ1) is 12.6. The van der Waals surface area contributed by atoms with E-state index in [4.69, 9.17) is 16.3 Å². The highest BCUT2D eigenvalue weighted by Gasteiger charge is 2.10. The number of nitrogens with zero attached hydrogens (tertiary/aromatic N) is 1. The number of benzene rings is 2. The molecule has 0 spiro atoms. The molecule has 0 radical (unpaired) electrons. The Kier molecular flexibility index (Phi) is 6.26. The second kappa shape index (κ2) is 8.83. The van der Waals surface area contributed by atoms with E-state index in [1.165, 1.54) is 0 Å². The molecular weight excluding hydrogens is 368 g/mol. The topological polar surface area (TPSA) is 51.2 Å². The SMILES string of the molecule is Cc1nc(-c2ccc(Cl)cc2)sc1CCNC(=O)OCc1ccccc1. The molecule has 3 aromatic rings. The third kappa shape index (κ3) is 5.07. The Bertz CT molecular complexity index is 863. The van der Waals surface area contributed by atoms with Gasteiger partial charge in [-0.3, -0.25) is 0 Å². The summed E-state index contributed by atoms with van der Waals surface area (Å²) in [4.78, 5) is 17.6. The summed E-state index contributed by atoms with van der Waals surface area (Å²) in [6.07, 6.45) is 0.311. The van der Waals surface area contributed by atoms with Gasteiger partial charge in [0.25, 0.3) is 0 Å². The maximum absolute atomic E-state index is 11.8. The van der Waals surface area contributed by atoms with Crippen molar-refractivity contribution < 1.29 is 9.53 Å². The fourth-order valence-electron chi connectivity index (χ4n) is 2.43. The Morgan fingerprint density at radius 2 is 1.88 bits per heavy atom. The third-order valence-corrected chi connectivity index (χ3v) is 5.34. The van der Waals surface area contributed by atoms with E-state index in [9.17, 15) is 4.79 Å². The lowest BCUT2D eigenvalue weighted by atomic mass is 10.2. The Morgan fingerprint density at radius 3 is 2.62 bits per heavy atom. The Hall–Kier alpha value is -2.37. The van der Waals surface area contributed by atoms with E-state index in [-0.39, 0.29) is 6.61 Å².